The molecule has 4 nitrogen and oxygen atoms in total. The zero-order valence-electron chi connectivity index (χ0n) is 7.68. The molecule has 0 fully saturated rings. The number of hydrogen-bond donors (Lipinski definition) is 1. The molecule has 0 atom stereocenters. The maximum atomic E-state index is 10.4. The van der Waals surface area contributed by atoms with Crippen molar-refractivity contribution in [3.63, 3.8) is 0 Å². The molecular weight excluding hydrogens is 194 g/mol. The predicted molar refractivity (Wildman–Crippen MR) is 55.4 cm³/mol. The van der Waals surface area contributed by atoms with Crippen LogP contribution in [0.1, 0.15) is 5.56 Å². The Labute approximate surface area is 85.6 Å². The van der Waals surface area contributed by atoms with E-state index in [0.29, 0.717) is 5.56 Å². The Morgan fingerprint density at radius 1 is 1.40 bits per heavy atom. The van der Waals surface area contributed by atoms with E-state index in [4.69, 9.17) is 0 Å². The number of non-ortho nitro benzene ring substituents is 1. The van der Waals surface area contributed by atoms with Crippen LogP contribution in [0, 0.1) is 10.1 Å². The monoisotopic (exact) mass is 201 g/mol. The maximum Gasteiger partial charge on any atom is 0.273 e. The molecule has 1 aliphatic carbocycles. The van der Waals surface area contributed by atoms with Gasteiger partial charge in [0.1, 0.15) is 5.75 Å². The molecule has 1 aromatic carbocycles. The van der Waals surface area contributed by atoms with E-state index >= 15 is 0 Å². The van der Waals surface area contributed by atoms with Gasteiger partial charge in [-0.2, -0.15) is 0 Å². The molecular formula is C11H7NO3. The summed E-state index contributed by atoms with van der Waals surface area (Å²) in [4.78, 5) is 9.89. The first-order valence-electron chi connectivity index (χ1n) is 4.29. The van der Waals surface area contributed by atoms with Crippen LogP contribution in [-0.2, 0) is 0 Å². The highest BCUT2D eigenvalue weighted by molar-refractivity contribution is 5.80. The van der Waals surface area contributed by atoms with Crippen LogP contribution < -0.4 is 0 Å². The Morgan fingerprint density at radius 2 is 2.20 bits per heavy atom. The van der Waals surface area contributed by atoms with Crippen molar-refractivity contribution in [2.75, 3.05) is 0 Å². The van der Waals surface area contributed by atoms with E-state index in [2.05, 4.69) is 5.73 Å². The number of nitrogens with zero attached hydrogens (tertiary/aromatic N) is 1. The summed E-state index contributed by atoms with van der Waals surface area (Å²) in [6.45, 7) is 0. The van der Waals surface area contributed by atoms with Gasteiger partial charge in [0.05, 0.1) is 11.0 Å². The van der Waals surface area contributed by atoms with Crippen molar-refractivity contribution in [1.82, 2.24) is 0 Å². The number of nitro groups is 1. The highest BCUT2D eigenvalue weighted by Gasteiger charge is 2.12. The summed E-state index contributed by atoms with van der Waals surface area (Å²) in [5.41, 5.74) is 4.06. The summed E-state index contributed by atoms with van der Waals surface area (Å²) in [6.07, 6.45) is 5.28. The van der Waals surface area contributed by atoms with Gasteiger partial charge in [0.25, 0.3) is 5.69 Å². The summed E-state index contributed by atoms with van der Waals surface area (Å²) in [5.74, 6) is -0.105. The van der Waals surface area contributed by atoms with Gasteiger partial charge >= 0.3 is 0 Å². The first-order valence-corrected chi connectivity index (χ1v) is 4.29. The third kappa shape index (κ3) is 1.66. The highest BCUT2D eigenvalue weighted by Crippen LogP contribution is 2.30. The lowest BCUT2D eigenvalue weighted by atomic mass is 10.1. The van der Waals surface area contributed by atoms with E-state index in [-0.39, 0.29) is 11.4 Å². The van der Waals surface area contributed by atoms with Crippen molar-refractivity contribution in [3.8, 4) is 5.75 Å². The number of rotatable bonds is 2. The third-order valence-corrected chi connectivity index (χ3v) is 2.08. The molecule has 0 aromatic heterocycles. The Balaban J connectivity index is 2.48. The van der Waals surface area contributed by atoms with Crippen molar-refractivity contribution in [1.29, 1.82) is 0 Å². The lowest BCUT2D eigenvalue weighted by Crippen LogP contribution is -1.88. The highest BCUT2D eigenvalue weighted by atomic mass is 16.6. The zero-order valence-corrected chi connectivity index (χ0v) is 7.68. The number of phenolic OH excluding ortho intramolecular Hbond substituents is 1. The van der Waals surface area contributed by atoms with Gasteiger partial charge in [0.15, 0.2) is 0 Å². The largest absolute Gasteiger partial charge is 0.507 e. The molecule has 74 valence electrons. The Kier molecular flexibility index (Phi) is 2.12. The second-order valence-corrected chi connectivity index (χ2v) is 3.04. The van der Waals surface area contributed by atoms with Crippen molar-refractivity contribution in [2.24, 2.45) is 0 Å². The number of aromatic hydroxyl groups is 1. The number of benzene rings is 1. The average Bonchev–Trinajstić information content (AvgIpc) is 2.70. The van der Waals surface area contributed by atoms with Crippen LogP contribution in [-0.4, -0.2) is 10.0 Å². The fraction of sp³-hybridized carbons (Fsp3) is 0. The van der Waals surface area contributed by atoms with E-state index in [1.165, 1.54) is 12.1 Å². The topological polar surface area (TPSA) is 63.4 Å². The smallest absolute Gasteiger partial charge is 0.273 e. The standard InChI is InChI=1S/C11H7NO3/c13-11-7-9(12(14)15)5-6-10(11)8-3-1-2-4-8/h1-3,5-7,13H. The molecule has 1 N–H and O–H groups in total. The van der Waals surface area contributed by atoms with Crippen LogP contribution in [0.2, 0.25) is 0 Å². The molecule has 2 rings (SSSR count). The van der Waals surface area contributed by atoms with Gasteiger partial charge in [-0.25, -0.2) is 0 Å². The number of hydrogen-bond acceptors (Lipinski definition) is 3. The number of allylic oxidation sites excluding steroid dienone is 3. The van der Waals surface area contributed by atoms with Gasteiger partial charge in [-0.3, -0.25) is 10.1 Å². The van der Waals surface area contributed by atoms with Crippen molar-refractivity contribution < 1.29 is 10.0 Å². The average molecular weight is 201 g/mol. The Bertz CT molecular complexity index is 523. The van der Waals surface area contributed by atoms with Gasteiger partial charge in [-0.05, 0) is 18.2 Å². The lowest BCUT2D eigenvalue weighted by Gasteiger charge is -2.01. The van der Waals surface area contributed by atoms with Gasteiger partial charge < -0.3 is 5.11 Å². The zero-order chi connectivity index (χ0) is 10.8. The summed E-state index contributed by atoms with van der Waals surface area (Å²) in [5, 5.41) is 20.0. The van der Waals surface area contributed by atoms with Gasteiger partial charge in [-0.1, -0.05) is 6.08 Å². The Morgan fingerprint density at radius 3 is 2.73 bits per heavy atom. The second-order valence-electron chi connectivity index (χ2n) is 3.04. The van der Waals surface area contributed by atoms with Crippen LogP contribution in [0.25, 0.3) is 5.57 Å². The quantitative estimate of drug-likeness (QED) is 0.454. The fourth-order valence-electron chi connectivity index (χ4n) is 1.36. The second kappa shape index (κ2) is 3.44. The van der Waals surface area contributed by atoms with Gasteiger partial charge in [0, 0.05) is 17.2 Å². The summed E-state index contributed by atoms with van der Waals surface area (Å²) in [7, 11) is 0. The number of nitro benzene ring substituents is 1. The summed E-state index contributed by atoms with van der Waals surface area (Å²) in [6, 6.07) is 4.01. The van der Waals surface area contributed by atoms with Crippen molar-refractivity contribution in [2.45, 2.75) is 0 Å². The summed E-state index contributed by atoms with van der Waals surface area (Å²) < 4.78 is 0. The van der Waals surface area contributed by atoms with Gasteiger partial charge in [-0.15, -0.1) is 5.73 Å². The third-order valence-electron chi connectivity index (χ3n) is 2.08. The molecule has 15 heavy (non-hydrogen) atoms. The molecule has 0 radical (unpaired) electrons. The molecule has 0 unspecified atom stereocenters. The fourth-order valence-corrected chi connectivity index (χ4v) is 1.36. The SMILES string of the molecule is O=[N+]([O-])c1ccc(C2=C=CC=C2)c(O)c1. The van der Waals surface area contributed by atoms with Crippen LogP contribution >= 0.6 is 0 Å². The Hall–Kier alpha value is -2.32. The molecule has 0 saturated heterocycles. The van der Waals surface area contributed by atoms with Crippen molar-refractivity contribution >= 4 is 11.3 Å². The maximum absolute atomic E-state index is 10.4. The predicted octanol–water partition coefficient (Wildman–Crippen LogP) is 2.41. The van der Waals surface area contributed by atoms with Crippen LogP contribution in [0.3, 0.4) is 0 Å². The summed E-state index contributed by atoms with van der Waals surface area (Å²) >= 11 is 0. The molecule has 0 heterocycles. The van der Waals surface area contributed by atoms with Crippen LogP contribution in [0.15, 0.2) is 42.2 Å². The van der Waals surface area contributed by atoms with Crippen LogP contribution in [0.4, 0.5) is 5.69 Å². The van der Waals surface area contributed by atoms with Crippen molar-refractivity contribution in [3.05, 3.63) is 57.8 Å². The molecule has 0 bridgehead atoms. The van der Waals surface area contributed by atoms with E-state index in [1.54, 1.807) is 18.2 Å². The van der Waals surface area contributed by atoms with E-state index < -0.39 is 4.92 Å². The molecule has 0 aliphatic heterocycles. The molecule has 0 amide bonds. The lowest BCUT2D eigenvalue weighted by molar-refractivity contribution is -0.384. The normalized spacial score (nSPS) is 12.9. The molecule has 1 aromatic rings. The first kappa shape index (κ1) is 9.24. The molecule has 0 saturated carbocycles. The van der Waals surface area contributed by atoms with E-state index in [0.717, 1.165) is 11.6 Å². The minimum Gasteiger partial charge on any atom is -0.507 e. The minimum atomic E-state index is -0.543. The molecule has 0 spiro atoms. The first-order chi connectivity index (χ1) is 7.18. The van der Waals surface area contributed by atoms with E-state index in [9.17, 15) is 15.2 Å². The molecule has 1 aliphatic rings. The molecule has 4 heteroatoms. The number of phenols is 1. The minimum absolute atomic E-state index is 0.105. The van der Waals surface area contributed by atoms with Crippen LogP contribution in [0.5, 0.6) is 5.75 Å². The van der Waals surface area contributed by atoms with E-state index in [1.807, 2.05) is 0 Å². The van der Waals surface area contributed by atoms with Gasteiger partial charge in [0.2, 0.25) is 0 Å².